The van der Waals surface area contributed by atoms with Crippen molar-refractivity contribution in [1.82, 2.24) is 9.88 Å². The van der Waals surface area contributed by atoms with Crippen molar-refractivity contribution in [3.8, 4) is 0 Å². The molecule has 1 aliphatic carbocycles. The zero-order valence-corrected chi connectivity index (χ0v) is 17.8. The smallest absolute Gasteiger partial charge is 0.266 e. The number of nitrogens with zero attached hydrogens (tertiary/aromatic N) is 3. The van der Waals surface area contributed by atoms with E-state index in [4.69, 9.17) is 11.6 Å². The van der Waals surface area contributed by atoms with Crippen molar-refractivity contribution in [2.24, 2.45) is 0 Å². The molecule has 0 spiro atoms. The van der Waals surface area contributed by atoms with Gasteiger partial charge in [-0.1, -0.05) is 11.6 Å². The van der Waals surface area contributed by atoms with Crippen LogP contribution in [0.3, 0.4) is 0 Å². The Bertz CT molecular complexity index is 1090. The average molecular weight is 459 g/mol. The summed E-state index contributed by atoms with van der Waals surface area (Å²) in [6.45, 7) is 0.228. The summed E-state index contributed by atoms with van der Waals surface area (Å²) in [4.78, 5) is 36.9. The number of halogens is 3. The highest BCUT2D eigenvalue weighted by molar-refractivity contribution is 6.38. The molecule has 2 aliphatic rings. The lowest BCUT2D eigenvalue weighted by atomic mass is 10.1. The molecule has 0 radical (unpaired) electrons. The summed E-state index contributed by atoms with van der Waals surface area (Å²) in [5.41, 5.74) is -0.414. The van der Waals surface area contributed by atoms with E-state index >= 15 is 4.39 Å². The van der Waals surface area contributed by atoms with Crippen LogP contribution in [-0.2, 0) is 0 Å². The van der Waals surface area contributed by atoms with Gasteiger partial charge < -0.3 is 14.8 Å². The number of benzene rings is 1. The number of anilines is 1. The first-order valence-corrected chi connectivity index (χ1v) is 9.83. The standard InChI is InChI=1S/C19H20ClFN4O4.ClH/c1-22-10-4-5-23(7-10)18-14(21)6-12-17(16(18)20)24(11-2-3-11)8-13(19(12)27)15(26)9-25(28)29;/h6,8,10-11,22H,2-5,7,9H2,1H3;1H. The molecular formula is C19H21Cl2FN4O4. The van der Waals surface area contributed by atoms with Crippen molar-refractivity contribution in [1.29, 1.82) is 0 Å². The van der Waals surface area contributed by atoms with Gasteiger partial charge in [0.15, 0.2) is 0 Å². The Morgan fingerprint density at radius 2 is 2.10 bits per heavy atom. The second kappa shape index (κ2) is 8.49. The number of hydrogen-bond donors (Lipinski definition) is 1. The zero-order valence-electron chi connectivity index (χ0n) is 16.2. The third-order valence-electron chi connectivity index (χ3n) is 5.61. The molecule has 8 nitrogen and oxygen atoms in total. The summed E-state index contributed by atoms with van der Waals surface area (Å²) in [5, 5.41) is 14.0. The van der Waals surface area contributed by atoms with Crippen molar-refractivity contribution >= 4 is 46.4 Å². The molecule has 0 amide bonds. The fourth-order valence-corrected chi connectivity index (χ4v) is 4.37. The molecule has 2 fully saturated rings. The fraction of sp³-hybridized carbons (Fsp3) is 0.474. The second-order valence-electron chi connectivity index (χ2n) is 7.56. The Balaban J connectivity index is 0.00000256. The summed E-state index contributed by atoms with van der Waals surface area (Å²) in [6.07, 6.45) is 3.85. The van der Waals surface area contributed by atoms with E-state index in [0.29, 0.717) is 18.6 Å². The third-order valence-corrected chi connectivity index (χ3v) is 5.97. The molecule has 1 saturated carbocycles. The minimum atomic E-state index is -0.987. The average Bonchev–Trinajstić information content (AvgIpc) is 3.40. The van der Waals surface area contributed by atoms with Crippen LogP contribution in [0.15, 0.2) is 17.1 Å². The maximum atomic E-state index is 15.0. The summed E-state index contributed by atoms with van der Waals surface area (Å²) in [5.74, 6) is -1.54. The number of pyridine rings is 1. The van der Waals surface area contributed by atoms with Crippen LogP contribution < -0.4 is 15.6 Å². The molecule has 1 aliphatic heterocycles. The van der Waals surface area contributed by atoms with E-state index in [1.54, 1.807) is 4.57 Å². The summed E-state index contributed by atoms with van der Waals surface area (Å²) in [6, 6.07) is 1.35. The van der Waals surface area contributed by atoms with E-state index in [1.165, 1.54) is 6.20 Å². The first kappa shape index (κ1) is 22.5. The van der Waals surface area contributed by atoms with Crippen molar-refractivity contribution in [3.05, 3.63) is 49.0 Å². The van der Waals surface area contributed by atoms with Crippen molar-refractivity contribution in [2.75, 3.05) is 31.6 Å². The van der Waals surface area contributed by atoms with Gasteiger partial charge in [-0.3, -0.25) is 19.7 Å². The fourth-order valence-electron chi connectivity index (χ4n) is 3.96. The van der Waals surface area contributed by atoms with Crippen LogP contribution in [0.25, 0.3) is 10.9 Å². The van der Waals surface area contributed by atoms with Gasteiger partial charge >= 0.3 is 0 Å². The van der Waals surface area contributed by atoms with Crippen LogP contribution in [0.5, 0.6) is 0 Å². The Kier molecular flexibility index (Phi) is 6.35. The molecule has 1 aromatic heterocycles. The molecule has 4 rings (SSSR count). The predicted octanol–water partition coefficient (Wildman–Crippen LogP) is 2.81. The first-order chi connectivity index (χ1) is 13.8. The van der Waals surface area contributed by atoms with Crippen LogP contribution in [0.1, 0.15) is 35.7 Å². The number of carbonyl (C=O) groups is 1. The van der Waals surface area contributed by atoms with Gasteiger partial charge in [-0.15, -0.1) is 12.4 Å². The number of hydrogen-bond acceptors (Lipinski definition) is 6. The molecule has 1 aromatic carbocycles. The Morgan fingerprint density at radius 1 is 1.40 bits per heavy atom. The lowest BCUT2D eigenvalue weighted by Gasteiger charge is -2.23. The minimum Gasteiger partial charge on any atom is -0.366 e. The number of likely N-dealkylation sites (N-methyl/N-ethyl adjacent to an activating group) is 1. The number of ketones is 1. The number of Topliss-reactive ketones (excluding diaryl/α,β-unsaturated/α-hetero) is 1. The Labute approximate surface area is 182 Å². The van der Waals surface area contributed by atoms with E-state index in [9.17, 15) is 19.7 Å². The highest BCUT2D eigenvalue weighted by Gasteiger charge is 2.32. The van der Waals surface area contributed by atoms with E-state index in [-0.39, 0.29) is 46.2 Å². The van der Waals surface area contributed by atoms with Crippen LogP contribution in [0.4, 0.5) is 10.1 Å². The van der Waals surface area contributed by atoms with Gasteiger partial charge in [-0.05, 0) is 32.4 Å². The van der Waals surface area contributed by atoms with Crippen molar-refractivity contribution in [3.63, 3.8) is 0 Å². The SMILES string of the molecule is CNC1CCN(c2c(F)cc3c(=O)c(C(=O)C[N+](=O)[O-])cn(C4CC4)c3c2Cl)C1.Cl. The maximum absolute atomic E-state index is 15.0. The molecule has 2 heterocycles. The summed E-state index contributed by atoms with van der Waals surface area (Å²) in [7, 11) is 1.85. The van der Waals surface area contributed by atoms with Gasteiger partial charge in [0.05, 0.1) is 27.2 Å². The van der Waals surface area contributed by atoms with Crippen molar-refractivity contribution < 1.29 is 14.1 Å². The first-order valence-electron chi connectivity index (χ1n) is 9.45. The molecule has 0 bridgehead atoms. The maximum Gasteiger partial charge on any atom is 0.266 e. The lowest BCUT2D eigenvalue weighted by Crippen LogP contribution is -2.30. The van der Waals surface area contributed by atoms with E-state index < -0.39 is 28.5 Å². The number of nitrogens with one attached hydrogen (secondary N) is 1. The topological polar surface area (TPSA) is 97.5 Å². The molecule has 30 heavy (non-hydrogen) atoms. The molecular weight excluding hydrogens is 438 g/mol. The quantitative estimate of drug-likeness (QED) is 0.406. The molecule has 2 aromatic rings. The Hall–Kier alpha value is -2.23. The number of fused-ring (bicyclic) bond motifs is 1. The van der Waals surface area contributed by atoms with Crippen LogP contribution in [0.2, 0.25) is 5.02 Å². The lowest BCUT2D eigenvalue weighted by molar-refractivity contribution is -0.465. The molecule has 162 valence electrons. The van der Waals surface area contributed by atoms with Crippen LogP contribution in [0, 0.1) is 15.9 Å². The second-order valence-corrected chi connectivity index (χ2v) is 7.94. The molecule has 1 atom stereocenters. The van der Waals surface area contributed by atoms with Crippen LogP contribution >= 0.6 is 24.0 Å². The van der Waals surface area contributed by atoms with Gasteiger partial charge in [0.25, 0.3) is 6.54 Å². The summed E-state index contributed by atoms with van der Waals surface area (Å²) >= 11 is 6.63. The number of nitro groups is 1. The van der Waals surface area contributed by atoms with Crippen molar-refractivity contribution in [2.45, 2.75) is 31.3 Å². The normalized spacial score (nSPS) is 18.5. The van der Waals surface area contributed by atoms with Gasteiger partial charge in [-0.2, -0.15) is 0 Å². The van der Waals surface area contributed by atoms with Gasteiger partial charge in [0.2, 0.25) is 11.2 Å². The van der Waals surface area contributed by atoms with E-state index in [2.05, 4.69) is 5.32 Å². The summed E-state index contributed by atoms with van der Waals surface area (Å²) < 4.78 is 16.8. The molecule has 1 N–H and O–H groups in total. The largest absolute Gasteiger partial charge is 0.366 e. The molecule has 1 unspecified atom stereocenters. The highest BCUT2D eigenvalue weighted by Crippen LogP contribution is 2.42. The monoisotopic (exact) mass is 458 g/mol. The Morgan fingerprint density at radius 3 is 2.67 bits per heavy atom. The minimum absolute atomic E-state index is 0. The van der Waals surface area contributed by atoms with Gasteiger partial charge in [0.1, 0.15) is 5.82 Å². The molecule has 11 heteroatoms. The number of rotatable bonds is 6. The van der Waals surface area contributed by atoms with Gasteiger partial charge in [-0.25, -0.2) is 4.39 Å². The highest BCUT2D eigenvalue weighted by atomic mass is 35.5. The number of aromatic nitrogens is 1. The van der Waals surface area contributed by atoms with Crippen LogP contribution in [-0.4, -0.2) is 48.0 Å². The number of carbonyl (C=O) groups excluding carboxylic acids is 1. The molecule has 1 saturated heterocycles. The van der Waals surface area contributed by atoms with E-state index in [0.717, 1.165) is 25.3 Å². The predicted molar refractivity (Wildman–Crippen MR) is 115 cm³/mol. The van der Waals surface area contributed by atoms with E-state index in [1.807, 2.05) is 11.9 Å². The van der Waals surface area contributed by atoms with Gasteiger partial charge in [0, 0.05) is 36.3 Å². The zero-order chi connectivity index (χ0) is 20.9. The third kappa shape index (κ3) is 3.89.